The molecule has 0 radical (unpaired) electrons. The van der Waals surface area contributed by atoms with E-state index < -0.39 is 0 Å². The lowest BCUT2D eigenvalue weighted by molar-refractivity contribution is -0.131. The summed E-state index contributed by atoms with van der Waals surface area (Å²) in [5.74, 6) is 0.0494. The summed E-state index contributed by atoms with van der Waals surface area (Å²) in [6.45, 7) is 1.44. The molecule has 0 aliphatic heterocycles. The number of carbonyl (C=O) groups excluding carboxylic acids is 1. The van der Waals surface area contributed by atoms with E-state index in [9.17, 15) is 9.18 Å². The van der Waals surface area contributed by atoms with Crippen molar-refractivity contribution in [2.75, 3.05) is 13.1 Å². The summed E-state index contributed by atoms with van der Waals surface area (Å²) in [6.07, 6.45) is 7.76. The first kappa shape index (κ1) is 19.9. The largest absolute Gasteiger partial charge is 0.339 e. The first-order valence-electron chi connectivity index (χ1n) is 8.44. The molecule has 1 amide bonds. The highest BCUT2D eigenvalue weighted by atomic mass is 35.5. The van der Waals surface area contributed by atoms with Crippen LogP contribution in [0.15, 0.2) is 24.3 Å². The second-order valence-electron chi connectivity index (χ2n) is 6.15. The highest BCUT2D eigenvalue weighted by molar-refractivity contribution is 5.85. The van der Waals surface area contributed by atoms with Crippen molar-refractivity contribution >= 4 is 18.3 Å². The summed E-state index contributed by atoms with van der Waals surface area (Å²) in [5, 5.41) is 0. The van der Waals surface area contributed by atoms with Gasteiger partial charge in [0.1, 0.15) is 5.82 Å². The number of hydrogen-bond acceptors (Lipinski definition) is 2. The van der Waals surface area contributed by atoms with E-state index in [2.05, 4.69) is 0 Å². The summed E-state index contributed by atoms with van der Waals surface area (Å²) in [6, 6.07) is 7.08. The summed E-state index contributed by atoms with van der Waals surface area (Å²) in [4.78, 5) is 14.4. The Hall–Kier alpha value is -1.13. The van der Waals surface area contributed by atoms with E-state index in [1.165, 1.54) is 6.07 Å². The van der Waals surface area contributed by atoms with Gasteiger partial charge in [-0.3, -0.25) is 4.79 Å². The minimum Gasteiger partial charge on any atom is -0.339 e. The van der Waals surface area contributed by atoms with Crippen molar-refractivity contribution in [3.63, 3.8) is 0 Å². The Morgan fingerprint density at radius 3 is 2.61 bits per heavy atom. The number of unbranched alkanes of at least 4 members (excludes halogenated alkanes) is 3. The molecule has 0 spiro atoms. The van der Waals surface area contributed by atoms with E-state index in [0.29, 0.717) is 19.0 Å². The molecule has 23 heavy (non-hydrogen) atoms. The second kappa shape index (κ2) is 10.6. The van der Waals surface area contributed by atoms with Gasteiger partial charge in [0.25, 0.3) is 0 Å². The summed E-state index contributed by atoms with van der Waals surface area (Å²) in [7, 11) is 0. The van der Waals surface area contributed by atoms with Crippen LogP contribution in [-0.2, 0) is 11.2 Å². The predicted octanol–water partition coefficient (Wildman–Crippen LogP) is 3.69. The monoisotopic (exact) mass is 342 g/mol. The van der Waals surface area contributed by atoms with Gasteiger partial charge in [0, 0.05) is 19.0 Å². The highest BCUT2D eigenvalue weighted by Crippen LogP contribution is 2.28. The van der Waals surface area contributed by atoms with Gasteiger partial charge in [-0.15, -0.1) is 12.4 Å². The molecular weight excluding hydrogens is 315 g/mol. The van der Waals surface area contributed by atoms with Crippen molar-refractivity contribution in [2.45, 2.75) is 57.4 Å². The molecule has 1 aliphatic carbocycles. The normalized spacial score (nSPS) is 13.5. The van der Waals surface area contributed by atoms with Gasteiger partial charge in [-0.1, -0.05) is 25.0 Å². The Morgan fingerprint density at radius 1 is 1.22 bits per heavy atom. The Morgan fingerprint density at radius 2 is 1.96 bits per heavy atom. The van der Waals surface area contributed by atoms with E-state index in [1.54, 1.807) is 12.1 Å². The van der Waals surface area contributed by atoms with Crippen LogP contribution >= 0.6 is 12.4 Å². The SMILES string of the molecule is Cl.NCCCCCCC(=O)N(CCc1cccc(F)c1)C1CC1. The lowest BCUT2D eigenvalue weighted by Crippen LogP contribution is -2.34. The van der Waals surface area contributed by atoms with Crippen LogP contribution in [0.3, 0.4) is 0 Å². The number of nitrogens with zero attached hydrogens (tertiary/aromatic N) is 1. The van der Waals surface area contributed by atoms with E-state index in [0.717, 1.165) is 57.1 Å². The minimum absolute atomic E-state index is 0. The molecule has 1 fully saturated rings. The third-order valence-corrected chi connectivity index (χ3v) is 4.18. The predicted molar refractivity (Wildman–Crippen MR) is 94.2 cm³/mol. The fourth-order valence-electron chi connectivity index (χ4n) is 2.76. The van der Waals surface area contributed by atoms with Gasteiger partial charge >= 0.3 is 0 Å². The van der Waals surface area contributed by atoms with Crippen molar-refractivity contribution in [1.82, 2.24) is 4.90 Å². The van der Waals surface area contributed by atoms with Gasteiger partial charge in [0.2, 0.25) is 5.91 Å². The number of nitrogens with two attached hydrogens (primary N) is 1. The van der Waals surface area contributed by atoms with Crippen molar-refractivity contribution < 1.29 is 9.18 Å². The van der Waals surface area contributed by atoms with Crippen LogP contribution in [0.2, 0.25) is 0 Å². The van der Waals surface area contributed by atoms with Gasteiger partial charge in [-0.05, 0) is 56.3 Å². The average Bonchev–Trinajstić information content (AvgIpc) is 3.32. The fourth-order valence-corrected chi connectivity index (χ4v) is 2.76. The molecule has 130 valence electrons. The number of hydrogen-bond donors (Lipinski definition) is 1. The molecule has 1 aromatic rings. The maximum absolute atomic E-state index is 13.2. The van der Waals surface area contributed by atoms with E-state index in [1.807, 2.05) is 11.0 Å². The van der Waals surface area contributed by atoms with Crippen LogP contribution in [-0.4, -0.2) is 29.9 Å². The van der Waals surface area contributed by atoms with Crippen LogP contribution in [0.4, 0.5) is 4.39 Å². The fraction of sp³-hybridized carbons (Fsp3) is 0.611. The zero-order chi connectivity index (χ0) is 15.8. The molecule has 0 atom stereocenters. The summed E-state index contributed by atoms with van der Waals surface area (Å²) < 4.78 is 13.2. The number of rotatable bonds is 10. The topological polar surface area (TPSA) is 46.3 Å². The van der Waals surface area contributed by atoms with Crippen molar-refractivity contribution in [2.24, 2.45) is 5.73 Å². The first-order valence-corrected chi connectivity index (χ1v) is 8.44. The number of carbonyl (C=O) groups is 1. The highest BCUT2D eigenvalue weighted by Gasteiger charge is 2.31. The molecule has 0 aromatic heterocycles. The zero-order valence-corrected chi connectivity index (χ0v) is 14.5. The molecule has 0 unspecified atom stereocenters. The molecule has 5 heteroatoms. The Labute approximate surface area is 144 Å². The molecule has 3 nitrogen and oxygen atoms in total. The van der Waals surface area contributed by atoms with Crippen molar-refractivity contribution in [3.05, 3.63) is 35.6 Å². The minimum atomic E-state index is -0.207. The maximum atomic E-state index is 13.2. The lowest BCUT2D eigenvalue weighted by atomic mass is 10.1. The Balaban J connectivity index is 0.00000264. The third-order valence-electron chi connectivity index (χ3n) is 4.18. The van der Waals surface area contributed by atoms with Crippen LogP contribution in [0, 0.1) is 5.82 Å². The molecular formula is C18H28ClFN2O. The molecule has 1 aromatic carbocycles. The van der Waals surface area contributed by atoms with E-state index in [4.69, 9.17) is 5.73 Å². The van der Waals surface area contributed by atoms with Crippen LogP contribution in [0.25, 0.3) is 0 Å². The smallest absolute Gasteiger partial charge is 0.222 e. The molecule has 2 rings (SSSR count). The molecule has 0 saturated heterocycles. The standard InChI is InChI=1S/C18H27FN2O.ClH/c19-16-7-5-6-15(14-16)11-13-21(17-9-10-17)18(22)8-3-1-2-4-12-20;/h5-7,14,17H,1-4,8-13,20H2;1H. The van der Waals surface area contributed by atoms with Gasteiger partial charge < -0.3 is 10.6 Å². The number of amides is 1. The molecule has 2 N–H and O–H groups in total. The quantitative estimate of drug-likeness (QED) is 0.659. The van der Waals surface area contributed by atoms with Gasteiger partial charge in [-0.25, -0.2) is 4.39 Å². The zero-order valence-electron chi connectivity index (χ0n) is 13.7. The molecule has 0 bridgehead atoms. The lowest BCUT2D eigenvalue weighted by Gasteiger charge is -2.22. The molecule has 0 heterocycles. The third kappa shape index (κ3) is 7.32. The van der Waals surface area contributed by atoms with Crippen molar-refractivity contribution in [1.29, 1.82) is 0 Å². The van der Waals surface area contributed by atoms with Crippen molar-refractivity contribution in [3.8, 4) is 0 Å². The Kier molecular flexibility index (Phi) is 9.19. The Bertz CT molecular complexity index is 480. The summed E-state index contributed by atoms with van der Waals surface area (Å²) in [5.41, 5.74) is 6.43. The van der Waals surface area contributed by atoms with Gasteiger partial charge in [0.15, 0.2) is 0 Å². The van der Waals surface area contributed by atoms with E-state index in [-0.39, 0.29) is 24.1 Å². The number of halogens is 2. The number of benzene rings is 1. The van der Waals surface area contributed by atoms with Crippen LogP contribution in [0.5, 0.6) is 0 Å². The van der Waals surface area contributed by atoms with E-state index >= 15 is 0 Å². The second-order valence-corrected chi connectivity index (χ2v) is 6.15. The molecule has 1 saturated carbocycles. The summed E-state index contributed by atoms with van der Waals surface area (Å²) >= 11 is 0. The van der Waals surface area contributed by atoms with Crippen LogP contribution in [0.1, 0.15) is 50.5 Å². The van der Waals surface area contributed by atoms with Gasteiger partial charge in [0.05, 0.1) is 0 Å². The maximum Gasteiger partial charge on any atom is 0.222 e. The molecule has 1 aliphatic rings. The van der Waals surface area contributed by atoms with Gasteiger partial charge in [-0.2, -0.15) is 0 Å². The first-order chi connectivity index (χ1) is 10.7. The van der Waals surface area contributed by atoms with Crippen LogP contribution < -0.4 is 5.73 Å². The average molecular weight is 343 g/mol.